The summed E-state index contributed by atoms with van der Waals surface area (Å²) in [5.41, 5.74) is 2.94. The van der Waals surface area contributed by atoms with Crippen LogP contribution in [0.4, 0.5) is 5.69 Å². The molecule has 6 N–H and O–H groups in total. The van der Waals surface area contributed by atoms with Gasteiger partial charge in [-0.05, 0) is 56.6 Å². The van der Waals surface area contributed by atoms with E-state index in [0.717, 1.165) is 0 Å². The molecule has 3 aliphatic rings. The highest BCUT2D eigenvalue weighted by atomic mass is 16.6. The molecule has 1 aromatic carbocycles. The van der Waals surface area contributed by atoms with Crippen LogP contribution in [0.3, 0.4) is 0 Å². The maximum Gasteiger partial charge on any atom is 0.255 e. The molecule has 5 rings (SSSR count). The van der Waals surface area contributed by atoms with Crippen LogP contribution in [-0.4, -0.2) is 96.0 Å². The van der Waals surface area contributed by atoms with Gasteiger partial charge in [0.2, 0.25) is 5.78 Å². The number of benzene rings is 1. The van der Waals surface area contributed by atoms with Crippen molar-refractivity contribution in [2.45, 2.75) is 31.9 Å². The lowest BCUT2D eigenvalue weighted by molar-refractivity contribution is -0.153. The summed E-state index contributed by atoms with van der Waals surface area (Å²) < 4.78 is 5.79. The first-order valence-electron chi connectivity index (χ1n) is 13.1. The smallest absolute Gasteiger partial charge is 0.255 e. The number of nitrogens with two attached hydrogens (primary N) is 1. The van der Waals surface area contributed by atoms with E-state index < -0.39 is 58.0 Å². The molecule has 0 bridgehead atoms. The van der Waals surface area contributed by atoms with Crippen LogP contribution in [0.5, 0.6) is 5.75 Å². The molecule has 0 aliphatic heterocycles. The number of likely N-dealkylation sites (N-methyl/N-ethyl adjacent to an activating group) is 1. The van der Waals surface area contributed by atoms with Crippen molar-refractivity contribution in [3.63, 3.8) is 0 Å². The maximum atomic E-state index is 14.1. The number of primary amides is 1. The number of carbonyl (C=O) groups excluding carboxylic acids is 3. The summed E-state index contributed by atoms with van der Waals surface area (Å²) in [7, 11) is 8.05. The Bertz CT molecular complexity index is 1620. The Morgan fingerprint density at radius 2 is 1.86 bits per heavy atom. The SMILES string of the molecule is C.CO/N=C/c1ccc(-c2cc(N(C)C)c3c(c2O)C(O)=C2C(=O)[C@]4(O)C(O)=C(C(N)=O)C(=O)C(N(C)C)[C@@H]4C[C@@H]2C3)o1. The lowest BCUT2D eigenvalue weighted by Gasteiger charge is -2.50. The van der Waals surface area contributed by atoms with Gasteiger partial charge in [0, 0.05) is 31.3 Å². The Hall–Kier alpha value is -4.62. The van der Waals surface area contributed by atoms with Crippen LogP contribution in [0.15, 0.2) is 44.7 Å². The summed E-state index contributed by atoms with van der Waals surface area (Å²) in [5.74, 6) is -6.50. The highest BCUT2D eigenvalue weighted by molar-refractivity contribution is 6.24. The van der Waals surface area contributed by atoms with Crippen LogP contribution in [0.25, 0.3) is 17.1 Å². The zero-order chi connectivity index (χ0) is 30.8. The predicted molar refractivity (Wildman–Crippen MR) is 158 cm³/mol. The molecule has 13 nitrogen and oxygen atoms in total. The van der Waals surface area contributed by atoms with Crippen LogP contribution in [0.1, 0.15) is 30.7 Å². The number of hydrogen-bond acceptors (Lipinski definition) is 12. The molecular weight excluding hydrogens is 560 g/mol. The van der Waals surface area contributed by atoms with E-state index in [2.05, 4.69) is 9.99 Å². The molecule has 1 unspecified atom stereocenters. The number of phenols is 1. The lowest BCUT2D eigenvalue weighted by Crippen LogP contribution is -2.65. The monoisotopic (exact) mass is 596 g/mol. The normalized spacial score (nSPS) is 25.0. The number of hydrogen-bond donors (Lipinski definition) is 5. The molecule has 1 amide bonds. The molecule has 3 aliphatic carbocycles. The Morgan fingerprint density at radius 1 is 1.19 bits per heavy atom. The fourth-order valence-electron chi connectivity index (χ4n) is 6.55. The van der Waals surface area contributed by atoms with Crippen molar-refractivity contribution >= 4 is 35.1 Å². The van der Waals surface area contributed by atoms with E-state index >= 15 is 0 Å². The number of amides is 1. The van der Waals surface area contributed by atoms with E-state index in [1.165, 1.54) is 18.2 Å². The van der Waals surface area contributed by atoms with Gasteiger partial charge in [0.05, 0.1) is 17.2 Å². The number of aromatic hydroxyl groups is 1. The van der Waals surface area contributed by atoms with Crippen LogP contribution >= 0.6 is 0 Å². The van der Waals surface area contributed by atoms with Gasteiger partial charge in [0.1, 0.15) is 47.7 Å². The van der Waals surface area contributed by atoms with E-state index in [1.807, 2.05) is 0 Å². The van der Waals surface area contributed by atoms with Gasteiger partial charge < -0.3 is 40.3 Å². The van der Waals surface area contributed by atoms with Crippen LogP contribution < -0.4 is 10.6 Å². The molecule has 43 heavy (non-hydrogen) atoms. The number of rotatable bonds is 6. The second kappa shape index (κ2) is 10.9. The molecule has 1 saturated carbocycles. The van der Waals surface area contributed by atoms with E-state index in [1.54, 1.807) is 51.3 Å². The Kier molecular flexibility index (Phi) is 7.94. The van der Waals surface area contributed by atoms with Gasteiger partial charge in [0.25, 0.3) is 5.91 Å². The minimum absolute atomic E-state index is 0. The molecule has 1 aromatic heterocycles. The van der Waals surface area contributed by atoms with Crippen molar-refractivity contribution in [2.75, 3.05) is 40.2 Å². The molecule has 0 saturated heterocycles. The van der Waals surface area contributed by atoms with E-state index in [0.29, 0.717) is 17.0 Å². The van der Waals surface area contributed by atoms with Crippen molar-refractivity contribution in [3.05, 3.63) is 52.0 Å². The summed E-state index contributed by atoms with van der Waals surface area (Å²) in [6.45, 7) is 0. The summed E-state index contributed by atoms with van der Waals surface area (Å²) in [5, 5.41) is 49.6. The quantitative estimate of drug-likeness (QED) is 0.185. The summed E-state index contributed by atoms with van der Waals surface area (Å²) >= 11 is 0. The molecule has 1 heterocycles. The van der Waals surface area contributed by atoms with Crippen molar-refractivity contribution in [3.8, 4) is 17.1 Å². The van der Waals surface area contributed by atoms with Crippen molar-refractivity contribution < 1.29 is 44.1 Å². The number of oxime groups is 1. The lowest BCUT2D eigenvalue weighted by atomic mass is 9.57. The summed E-state index contributed by atoms with van der Waals surface area (Å²) in [4.78, 5) is 47.5. The third-order valence-electron chi connectivity index (χ3n) is 8.36. The highest BCUT2D eigenvalue weighted by Gasteiger charge is 2.64. The van der Waals surface area contributed by atoms with Gasteiger partial charge >= 0.3 is 0 Å². The predicted octanol–water partition coefficient (Wildman–Crippen LogP) is 1.91. The molecular formula is C30H36N4O9. The number of phenolic OH excluding ortho intramolecular Hbond substituents is 1. The van der Waals surface area contributed by atoms with Crippen LogP contribution in [0.2, 0.25) is 0 Å². The average Bonchev–Trinajstić information content (AvgIpc) is 3.37. The summed E-state index contributed by atoms with van der Waals surface area (Å²) in [6.07, 6.45) is 1.51. The molecule has 0 spiro atoms. The van der Waals surface area contributed by atoms with Crippen molar-refractivity contribution in [2.24, 2.45) is 22.7 Å². The largest absolute Gasteiger partial charge is 0.508 e. The Morgan fingerprint density at radius 3 is 2.44 bits per heavy atom. The Labute approximate surface area is 248 Å². The first-order chi connectivity index (χ1) is 19.7. The van der Waals surface area contributed by atoms with Crippen LogP contribution in [-0.2, 0) is 25.6 Å². The van der Waals surface area contributed by atoms with Gasteiger partial charge in [-0.3, -0.25) is 19.3 Å². The molecule has 230 valence electrons. The highest BCUT2D eigenvalue weighted by Crippen LogP contribution is 2.55. The number of carbonyl (C=O) groups is 3. The van der Waals surface area contributed by atoms with E-state index in [9.17, 15) is 34.8 Å². The minimum atomic E-state index is -2.71. The van der Waals surface area contributed by atoms with Gasteiger partial charge in [-0.25, -0.2) is 0 Å². The van der Waals surface area contributed by atoms with Crippen molar-refractivity contribution in [1.82, 2.24) is 4.90 Å². The van der Waals surface area contributed by atoms with Gasteiger partial charge in [0.15, 0.2) is 11.4 Å². The van der Waals surface area contributed by atoms with Crippen LogP contribution in [0, 0.1) is 11.8 Å². The third kappa shape index (κ3) is 4.46. The first-order valence-corrected chi connectivity index (χ1v) is 13.1. The number of aliphatic hydroxyl groups excluding tert-OH is 2. The van der Waals surface area contributed by atoms with Gasteiger partial charge in [-0.15, -0.1) is 0 Å². The fourth-order valence-corrected chi connectivity index (χ4v) is 6.55. The zero-order valence-corrected chi connectivity index (χ0v) is 23.7. The molecule has 0 radical (unpaired) electrons. The number of anilines is 1. The third-order valence-corrected chi connectivity index (χ3v) is 8.36. The molecule has 2 aromatic rings. The second-order valence-corrected chi connectivity index (χ2v) is 11.1. The van der Waals surface area contributed by atoms with Crippen molar-refractivity contribution in [1.29, 1.82) is 0 Å². The topological polar surface area (TPSA) is 199 Å². The van der Waals surface area contributed by atoms with E-state index in [4.69, 9.17) is 10.2 Å². The standard InChI is InChI=1S/C29H32N4O9.CH4/c1-32(2)17-10-15(18-7-6-13(42-18)11-31-41-5)23(34)20-14(17)8-12-9-16-22(33(3)4)25(36)21(28(30)39)27(38)29(16,40)26(37)19(12)24(20)35;/h6-7,10-12,16,22,34-35,38,40H,8-9H2,1-5H3,(H2,30,39);1H4/b31-11+;/t12-,16-,22?,29-;/m0./s1. The number of nitrogens with zero attached hydrogens (tertiary/aromatic N) is 3. The van der Waals surface area contributed by atoms with Gasteiger partial charge in [-0.2, -0.15) is 0 Å². The number of Topliss-reactive ketones (excluding diaryl/α,β-unsaturated/α-hetero) is 2. The number of fused-ring (bicyclic) bond motifs is 3. The average molecular weight is 597 g/mol. The van der Waals surface area contributed by atoms with E-state index in [-0.39, 0.29) is 48.5 Å². The Balaban J connectivity index is 0.00000423. The second-order valence-electron chi connectivity index (χ2n) is 11.1. The van der Waals surface area contributed by atoms with Gasteiger partial charge in [-0.1, -0.05) is 12.6 Å². The zero-order valence-electron chi connectivity index (χ0n) is 23.7. The fraction of sp³-hybridized carbons (Fsp3) is 0.400. The first kappa shape index (κ1) is 31.3. The number of aliphatic hydroxyl groups is 3. The maximum absolute atomic E-state index is 14.1. The molecule has 4 atom stereocenters. The molecule has 13 heteroatoms. The summed E-state index contributed by atoms with van der Waals surface area (Å²) in [6, 6.07) is 3.75. The number of furan rings is 1. The number of ketones is 2. The molecule has 1 fully saturated rings. The minimum Gasteiger partial charge on any atom is -0.508 e.